The molecule has 0 heterocycles. The molecule has 0 rings (SSSR count). The number of hydrogen-bond acceptors (Lipinski definition) is 3. The number of hydrogen-bond donors (Lipinski definition) is 2. The van der Waals surface area contributed by atoms with E-state index < -0.39 is 5.60 Å². The van der Waals surface area contributed by atoms with E-state index in [1.54, 1.807) is 21.0 Å². The van der Waals surface area contributed by atoms with E-state index in [0.29, 0.717) is 0 Å². The maximum atomic E-state index is 9.83. The van der Waals surface area contributed by atoms with Crippen LogP contribution in [0.15, 0.2) is 0 Å². The summed E-state index contributed by atoms with van der Waals surface area (Å²) in [5.74, 6) is 0. The van der Waals surface area contributed by atoms with E-state index >= 15 is 0 Å². The third kappa shape index (κ3) is 4.07. The highest BCUT2D eigenvalue weighted by Gasteiger charge is 2.34. The molecule has 3 nitrogen and oxygen atoms in total. The van der Waals surface area contributed by atoms with Gasteiger partial charge in [-0.3, -0.25) is 0 Å². The number of nitrogens with one attached hydrogen (secondary N) is 1. The minimum atomic E-state index is -0.736. The minimum Gasteiger partial charge on any atom is -0.389 e. The monoisotopic (exact) mass is 189 g/mol. The highest BCUT2D eigenvalue weighted by atomic mass is 16.5. The van der Waals surface area contributed by atoms with Crippen molar-refractivity contribution in [3.63, 3.8) is 0 Å². The lowest BCUT2D eigenvalue weighted by Gasteiger charge is -2.38. The fourth-order valence-corrected chi connectivity index (χ4v) is 0.699. The van der Waals surface area contributed by atoms with Crippen molar-refractivity contribution < 1.29 is 9.84 Å². The van der Waals surface area contributed by atoms with Crippen LogP contribution in [0, 0.1) is 0 Å². The van der Waals surface area contributed by atoms with Crippen molar-refractivity contribution in [1.29, 1.82) is 0 Å². The van der Waals surface area contributed by atoms with Gasteiger partial charge in [0.25, 0.3) is 0 Å². The van der Waals surface area contributed by atoms with Gasteiger partial charge < -0.3 is 15.2 Å². The summed E-state index contributed by atoms with van der Waals surface area (Å²) in [5.41, 5.74) is -1.04. The topological polar surface area (TPSA) is 41.5 Å². The van der Waals surface area contributed by atoms with Gasteiger partial charge in [0.1, 0.15) is 0 Å². The molecule has 0 bridgehead atoms. The van der Waals surface area contributed by atoms with Gasteiger partial charge in [-0.1, -0.05) is 0 Å². The highest BCUT2D eigenvalue weighted by molar-refractivity contribution is 4.93. The predicted molar refractivity (Wildman–Crippen MR) is 54.9 cm³/mol. The first-order chi connectivity index (χ1) is 5.70. The van der Waals surface area contributed by atoms with E-state index in [1.807, 2.05) is 20.8 Å². The Hall–Kier alpha value is -0.120. The van der Waals surface area contributed by atoms with Gasteiger partial charge in [-0.25, -0.2) is 0 Å². The molecule has 0 spiro atoms. The Morgan fingerprint density at radius 3 is 2.08 bits per heavy atom. The van der Waals surface area contributed by atoms with Gasteiger partial charge in [-0.15, -0.1) is 0 Å². The molecule has 0 saturated heterocycles. The molecular formula is C10H23NO2. The summed E-state index contributed by atoms with van der Waals surface area (Å²) >= 11 is 0. The Balaban J connectivity index is 4.04. The van der Waals surface area contributed by atoms with Crippen LogP contribution in [0.4, 0.5) is 0 Å². The zero-order valence-electron chi connectivity index (χ0n) is 9.64. The Morgan fingerprint density at radius 1 is 1.31 bits per heavy atom. The second kappa shape index (κ2) is 4.40. The third-order valence-electron chi connectivity index (χ3n) is 2.76. The SMILES string of the molecule is COC(C)CNC(C)(C)C(C)(C)O. The molecule has 0 radical (unpaired) electrons. The molecule has 0 saturated carbocycles. The second-order valence-electron chi connectivity index (χ2n) is 4.61. The zero-order chi connectivity index (χ0) is 10.7. The fraction of sp³-hybridized carbons (Fsp3) is 1.00. The Labute approximate surface area is 81.5 Å². The number of rotatable bonds is 5. The van der Waals surface area contributed by atoms with Crippen LogP contribution in [0.1, 0.15) is 34.6 Å². The summed E-state index contributed by atoms with van der Waals surface area (Å²) < 4.78 is 5.11. The van der Waals surface area contributed by atoms with Crippen molar-refractivity contribution in [2.24, 2.45) is 0 Å². The van der Waals surface area contributed by atoms with E-state index in [1.165, 1.54) is 0 Å². The average Bonchev–Trinajstić information content (AvgIpc) is 1.98. The molecule has 0 aromatic heterocycles. The van der Waals surface area contributed by atoms with Crippen LogP contribution in [0.3, 0.4) is 0 Å². The molecule has 3 heteroatoms. The lowest BCUT2D eigenvalue weighted by molar-refractivity contribution is -0.0112. The van der Waals surface area contributed by atoms with Crippen molar-refractivity contribution in [3.05, 3.63) is 0 Å². The van der Waals surface area contributed by atoms with Crippen LogP contribution in [0.5, 0.6) is 0 Å². The van der Waals surface area contributed by atoms with Crippen LogP contribution >= 0.6 is 0 Å². The zero-order valence-corrected chi connectivity index (χ0v) is 9.64. The van der Waals surface area contributed by atoms with Crippen LogP contribution < -0.4 is 5.32 Å². The lowest BCUT2D eigenvalue weighted by Crippen LogP contribution is -2.57. The van der Waals surface area contributed by atoms with Crippen molar-refractivity contribution >= 4 is 0 Å². The first kappa shape index (κ1) is 12.9. The fourth-order valence-electron chi connectivity index (χ4n) is 0.699. The molecule has 0 aliphatic rings. The number of aliphatic hydroxyl groups is 1. The average molecular weight is 189 g/mol. The largest absolute Gasteiger partial charge is 0.389 e. The first-order valence-corrected chi connectivity index (χ1v) is 4.71. The smallest absolute Gasteiger partial charge is 0.0767 e. The molecule has 1 unspecified atom stereocenters. The molecule has 0 amide bonds. The van der Waals surface area contributed by atoms with E-state index in [0.717, 1.165) is 6.54 Å². The molecule has 0 fully saturated rings. The Kier molecular flexibility index (Phi) is 4.36. The van der Waals surface area contributed by atoms with Gasteiger partial charge in [-0.2, -0.15) is 0 Å². The maximum absolute atomic E-state index is 9.83. The summed E-state index contributed by atoms with van der Waals surface area (Å²) in [6.07, 6.45) is 0.168. The highest BCUT2D eigenvalue weighted by Crippen LogP contribution is 2.20. The second-order valence-corrected chi connectivity index (χ2v) is 4.61. The van der Waals surface area contributed by atoms with E-state index in [9.17, 15) is 5.11 Å². The van der Waals surface area contributed by atoms with Crippen LogP contribution in [-0.4, -0.2) is 36.0 Å². The molecule has 0 aliphatic carbocycles. The Morgan fingerprint density at radius 2 is 1.77 bits per heavy atom. The molecule has 0 aliphatic heterocycles. The quantitative estimate of drug-likeness (QED) is 0.682. The summed E-state index contributed by atoms with van der Waals surface area (Å²) in [4.78, 5) is 0. The maximum Gasteiger partial charge on any atom is 0.0767 e. The molecule has 1 atom stereocenters. The summed E-state index contributed by atoms with van der Waals surface area (Å²) in [5, 5.41) is 13.1. The predicted octanol–water partition coefficient (Wildman–Crippen LogP) is 1.16. The normalized spacial score (nSPS) is 15.9. The summed E-state index contributed by atoms with van der Waals surface area (Å²) in [6, 6.07) is 0. The van der Waals surface area contributed by atoms with Gasteiger partial charge in [0.05, 0.1) is 11.7 Å². The standard InChI is InChI=1S/C10H23NO2/c1-8(13-6)7-11-9(2,3)10(4,5)12/h8,11-12H,7H2,1-6H3. The van der Waals surface area contributed by atoms with E-state index in [-0.39, 0.29) is 11.6 Å². The van der Waals surface area contributed by atoms with Gasteiger partial charge in [0.15, 0.2) is 0 Å². The molecule has 80 valence electrons. The van der Waals surface area contributed by atoms with Gasteiger partial charge in [-0.05, 0) is 34.6 Å². The molecule has 2 N–H and O–H groups in total. The van der Waals surface area contributed by atoms with E-state index in [2.05, 4.69) is 5.32 Å². The van der Waals surface area contributed by atoms with Crippen LogP contribution in [-0.2, 0) is 4.74 Å². The molecule has 0 aromatic rings. The van der Waals surface area contributed by atoms with Crippen molar-refractivity contribution in [2.75, 3.05) is 13.7 Å². The van der Waals surface area contributed by atoms with Crippen molar-refractivity contribution in [3.8, 4) is 0 Å². The van der Waals surface area contributed by atoms with Crippen molar-refractivity contribution in [1.82, 2.24) is 5.32 Å². The Bertz CT molecular complexity index is 149. The molecule has 13 heavy (non-hydrogen) atoms. The van der Waals surface area contributed by atoms with Crippen LogP contribution in [0.2, 0.25) is 0 Å². The summed E-state index contributed by atoms with van der Waals surface area (Å²) in [6.45, 7) is 10.3. The minimum absolute atomic E-state index is 0.168. The molecule has 0 aromatic carbocycles. The number of methoxy groups -OCH3 is 1. The third-order valence-corrected chi connectivity index (χ3v) is 2.76. The van der Waals surface area contributed by atoms with Gasteiger partial charge >= 0.3 is 0 Å². The van der Waals surface area contributed by atoms with E-state index in [4.69, 9.17) is 4.74 Å². The van der Waals surface area contributed by atoms with Gasteiger partial charge in [0, 0.05) is 19.2 Å². The van der Waals surface area contributed by atoms with Gasteiger partial charge in [0.2, 0.25) is 0 Å². The van der Waals surface area contributed by atoms with Crippen molar-refractivity contribution in [2.45, 2.75) is 51.9 Å². The first-order valence-electron chi connectivity index (χ1n) is 4.71. The number of ether oxygens (including phenoxy) is 1. The molecular weight excluding hydrogens is 166 g/mol. The van der Waals surface area contributed by atoms with Crippen LogP contribution in [0.25, 0.3) is 0 Å². The lowest BCUT2D eigenvalue weighted by atomic mass is 9.86. The summed E-state index contributed by atoms with van der Waals surface area (Å²) in [7, 11) is 1.68.